The number of alkyl halides is 3. The number of carbonyl (C=O) groups is 2. The predicted molar refractivity (Wildman–Crippen MR) is 91.2 cm³/mol. The van der Waals surface area contributed by atoms with Crippen molar-refractivity contribution in [3.8, 4) is 5.75 Å². The minimum Gasteiger partial charge on any atom is -0.406 e. The molecule has 0 bridgehead atoms. The average molecular weight is 389 g/mol. The fourth-order valence-electron chi connectivity index (χ4n) is 2.45. The Labute approximate surface area is 155 Å². The zero-order chi connectivity index (χ0) is 20.0. The first-order chi connectivity index (χ1) is 12.7. The van der Waals surface area contributed by atoms with E-state index in [9.17, 15) is 22.8 Å². The molecule has 27 heavy (non-hydrogen) atoms. The zero-order valence-electron chi connectivity index (χ0n) is 15.1. The molecular weight excluding hydrogens is 367 g/mol. The van der Waals surface area contributed by atoms with Gasteiger partial charge >= 0.3 is 6.36 Å². The molecule has 1 heterocycles. The standard InChI is InChI=1S/C17H22F3N3O4/c1-12(22(2)11-15(24)23-7-9-26-10-8-23)16(25)21-13-3-5-14(6-4-13)27-17(18,19)20/h3-6,12H,7-11H2,1-2H3,(H,21,25)/t12-/m0/s1. The van der Waals surface area contributed by atoms with Gasteiger partial charge in [0.1, 0.15) is 5.75 Å². The van der Waals surface area contributed by atoms with Crippen LogP contribution < -0.4 is 10.1 Å². The van der Waals surface area contributed by atoms with Crippen LogP contribution in [0.2, 0.25) is 0 Å². The minimum absolute atomic E-state index is 0.0763. The van der Waals surface area contributed by atoms with Crippen molar-refractivity contribution >= 4 is 17.5 Å². The second-order valence-corrected chi connectivity index (χ2v) is 6.15. The highest BCUT2D eigenvalue weighted by atomic mass is 19.4. The van der Waals surface area contributed by atoms with Crippen molar-refractivity contribution in [2.45, 2.75) is 19.3 Å². The minimum atomic E-state index is -4.77. The van der Waals surface area contributed by atoms with Crippen molar-refractivity contribution < 1.29 is 32.2 Å². The molecule has 1 fully saturated rings. The number of hydrogen-bond donors (Lipinski definition) is 1. The first-order valence-electron chi connectivity index (χ1n) is 8.38. The Kier molecular flexibility index (Phi) is 7.03. The van der Waals surface area contributed by atoms with Crippen LogP contribution in [0.15, 0.2) is 24.3 Å². The number of carbonyl (C=O) groups excluding carboxylic acids is 2. The summed E-state index contributed by atoms with van der Waals surface area (Å²) in [5, 5.41) is 2.60. The van der Waals surface area contributed by atoms with Gasteiger partial charge in [-0.05, 0) is 38.2 Å². The molecule has 1 aliphatic heterocycles. The fourth-order valence-corrected chi connectivity index (χ4v) is 2.45. The maximum atomic E-state index is 12.3. The number of ether oxygens (including phenoxy) is 2. The van der Waals surface area contributed by atoms with Crippen LogP contribution in [-0.4, -0.2) is 73.9 Å². The lowest BCUT2D eigenvalue weighted by Crippen LogP contribution is -2.48. The molecule has 0 aromatic heterocycles. The van der Waals surface area contributed by atoms with E-state index in [-0.39, 0.29) is 24.1 Å². The van der Waals surface area contributed by atoms with Gasteiger partial charge in [0.2, 0.25) is 11.8 Å². The molecule has 1 aliphatic rings. The monoisotopic (exact) mass is 389 g/mol. The number of halogens is 3. The summed E-state index contributed by atoms with van der Waals surface area (Å²) in [6.07, 6.45) is -4.77. The van der Waals surface area contributed by atoms with Crippen molar-refractivity contribution in [2.75, 3.05) is 45.2 Å². The largest absolute Gasteiger partial charge is 0.573 e. The molecule has 10 heteroatoms. The number of benzene rings is 1. The van der Waals surface area contributed by atoms with Crippen LogP contribution in [0, 0.1) is 0 Å². The van der Waals surface area contributed by atoms with Gasteiger partial charge in [-0.2, -0.15) is 0 Å². The molecule has 2 rings (SSSR count). The van der Waals surface area contributed by atoms with Gasteiger partial charge in [-0.25, -0.2) is 0 Å². The van der Waals surface area contributed by atoms with Crippen molar-refractivity contribution in [1.29, 1.82) is 0 Å². The summed E-state index contributed by atoms with van der Waals surface area (Å²) in [5.41, 5.74) is 0.328. The van der Waals surface area contributed by atoms with E-state index in [2.05, 4.69) is 10.1 Å². The molecule has 2 amide bonds. The molecule has 0 spiro atoms. The van der Waals surface area contributed by atoms with Crippen LogP contribution in [-0.2, 0) is 14.3 Å². The molecule has 150 valence electrons. The van der Waals surface area contributed by atoms with E-state index in [4.69, 9.17) is 4.74 Å². The molecule has 1 aromatic carbocycles. The summed E-state index contributed by atoms with van der Waals surface area (Å²) in [4.78, 5) is 27.8. The third kappa shape index (κ3) is 6.72. The maximum Gasteiger partial charge on any atom is 0.573 e. The lowest BCUT2D eigenvalue weighted by molar-refractivity contribution is -0.274. The van der Waals surface area contributed by atoms with Gasteiger partial charge < -0.3 is 19.7 Å². The van der Waals surface area contributed by atoms with Crippen LogP contribution in [0.1, 0.15) is 6.92 Å². The van der Waals surface area contributed by atoms with Gasteiger partial charge in [-0.15, -0.1) is 13.2 Å². The van der Waals surface area contributed by atoms with E-state index >= 15 is 0 Å². The molecule has 1 N–H and O–H groups in total. The molecule has 1 atom stereocenters. The number of rotatable bonds is 6. The molecule has 0 radical (unpaired) electrons. The second-order valence-electron chi connectivity index (χ2n) is 6.15. The van der Waals surface area contributed by atoms with Crippen molar-refractivity contribution in [3.63, 3.8) is 0 Å². The Morgan fingerprint density at radius 3 is 2.41 bits per heavy atom. The summed E-state index contributed by atoms with van der Waals surface area (Å²) in [6.45, 7) is 3.77. The van der Waals surface area contributed by atoms with Gasteiger partial charge in [0.05, 0.1) is 25.8 Å². The van der Waals surface area contributed by atoms with E-state index in [1.165, 1.54) is 12.1 Å². The quantitative estimate of drug-likeness (QED) is 0.802. The highest BCUT2D eigenvalue weighted by Crippen LogP contribution is 2.24. The summed E-state index contributed by atoms with van der Waals surface area (Å²) in [6, 6.07) is 4.23. The van der Waals surface area contributed by atoms with Crippen LogP contribution in [0.25, 0.3) is 0 Å². The smallest absolute Gasteiger partial charge is 0.406 e. The summed E-state index contributed by atoms with van der Waals surface area (Å²) >= 11 is 0. The Balaban J connectivity index is 1.85. The van der Waals surface area contributed by atoms with E-state index < -0.39 is 12.4 Å². The number of likely N-dealkylation sites (N-methyl/N-ethyl adjacent to an activating group) is 1. The van der Waals surface area contributed by atoms with Gasteiger partial charge in [-0.3, -0.25) is 14.5 Å². The third-order valence-corrected chi connectivity index (χ3v) is 4.14. The second kappa shape index (κ2) is 9.05. The summed E-state index contributed by atoms with van der Waals surface area (Å²) in [7, 11) is 1.66. The SMILES string of the molecule is C[C@@H](C(=O)Nc1ccc(OC(F)(F)F)cc1)N(C)CC(=O)N1CCOCC1. The van der Waals surface area contributed by atoms with Crippen molar-refractivity contribution in [1.82, 2.24) is 9.80 Å². The number of amides is 2. The molecule has 7 nitrogen and oxygen atoms in total. The number of morpholine rings is 1. The first kappa shape index (κ1) is 21.0. The van der Waals surface area contributed by atoms with Crippen LogP contribution in [0.4, 0.5) is 18.9 Å². The molecule has 0 unspecified atom stereocenters. The van der Waals surface area contributed by atoms with Gasteiger partial charge in [0.25, 0.3) is 0 Å². The maximum absolute atomic E-state index is 12.3. The highest BCUT2D eigenvalue weighted by molar-refractivity contribution is 5.95. The van der Waals surface area contributed by atoms with Gasteiger partial charge in [-0.1, -0.05) is 0 Å². The van der Waals surface area contributed by atoms with Crippen LogP contribution >= 0.6 is 0 Å². The fraction of sp³-hybridized carbons (Fsp3) is 0.529. The normalized spacial score (nSPS) is 16.1. The Bertz CT molecular complexity index is 646. The topological polar surface area (TPSA) is 71.1 Å². The molecule has 1 aromatic rings. The lowest BCUT2D eigenvalue weighted by atomic mass is 10.2. The predicted octanol–water partition coefficient (Wildman–Crippen LogP) is 1.70. The average Bonchev–Trinajstić information content (AvgIpc) is 2.62. The lowest BCUT2D eigenvalue weighted by Gasteiger charge is -2.30. The van der Waals surface area contributed by atoms with Crippen molar-refractivity contribution in [3.05, 3.63) is 24.3 Å². The van der Waals surface area contributed by atoms with E-state index in [0.717, 1.165) is 12.1 Å². The van der Waals surface area contributed by atoms with Crippen LogP contribution in [0.5, 0.6) is 5.75 Å². The Morgan fingerprint density at radius 2 is 1.85 bits per heavy atom. The number of anilines is 1. The van der Waals surface area contributed by atoms with Gasteiger partial charge in [0, 0.05) is 18.8 Å². The third-order valence-electron chi connectivity index (χ3n) is 4.14. The summed E-state index contributed by atoms with van der Waals surface area (Å²) in [5.74, 6) is -0.840. The van der Waals surface area contributed by atoms with Gasteiger partial charge in [0.15, 0.2) is 0 Å². The number of nitrogens with one attached hydrogen (secondary N) is 1. The molecule has 0 saturated carbocycles. The van der Waals surface area contributed by atoms with E-state index in [0.29, 0.717) is 32.0 Å². The van der Waals surface area contributed by atoms with E-state index in [1.807, 2.05) is 0 Å². The highest BCUT2D eigenvalue weighted by Gasteiger charge is 2.31. The molecular formula is C17H22F3N3O4. The first-order valence-corrected chi connectivity index (χ1v) is 8.38. The van der Waals surface area contributed by atoms with Crippen molar-refractivity contribution in [2.24, 2.45) is 0 Å². The number of hydrogen-bond acceptors (Lipinski definition) is 5. The molecule has 0 aliphatic carbocycles. The summed E-state index contributed by atoms with van der Waals surface area (Å²) < 4.78 is 45.4. The number of nitrogens with zero attached hydrogens (tertiary/aromatic N) is 2. The Morgan fingerprint density at radius 1 is 1.26 bits per heavy atom. The Hall–Kier alpha value is -2.33. The molecule has 1 saturated heterocycles. The zero-order valence-corrected chi connectivity index (χ0v) is 15.1. The van der Waals surface area contributed by atoms with Crippen LogP contribution in [0.3, 0.4) is 0 Å². The van der Waals surface area contributed by atoms with E-state index in [1.54, 1.807) is 23.8 Å².